The van der Waals surface area contributed by atoms with Crippen molar-refractivity contribution in [1.29, 1.82) is 0 Å². The van der Waals surface area contributed by atoms with Crippen LogP contribution in [0.2, 0.25) is 5.02 Å². The van der Waals surface area contributed by atoms with Crippen LogP contribution >= 0.6 is 11.6 Å². The van der Waals surface area contributed by atoms with Gasteiger partial charge >= 0.3 is 0 Å². The van der Waals surface area contributed by atoms with E-state index >= 15 is 0 Å². The Hall–Kier alpha value is -2.93. The molecule has 8 heteroatoms. The third kappa shape index (κ3) is 4.43. The molecule has 3 rings (SSSR count). The maximum Gasteiger partial charge on any atom is 0.271 e. The normalized spacial score (nSPS) is 12.3. The van der Waals surface area contributed by atoms with Gasteiger partial charge in [-0.1, -0.05) is 18.5 Å². The first-order valence-corrected chi connectivity index (χ1v) is 8.73. The second-order valence-electron chi connectivity index (χ2n) is 5.65. The van der Waals surface area contributed by atoms with E-state index in [1.807, 2.05) is 6.92 Å². The van der Waals surface area contributed by atoms with Crippen LogP contribution in [-0.4, -0.2) is 32.6 Å². The van der Waals surface area contributed by atoms with Gasteiger partial charge in [0.2, 0.25) is 6.79 Å². The highest BCUT2D eigenvalue weighted by Crippen LogP contribution is 2.36. The van der Waals surface area contributed by atoms with Gasteiger partial charge in [-0.15, -0.1) is 0 Å². The zero-order valence-electron chi connectivity index (χ0n) is 15.0. The molecule has 1 aliphatic heterocycles. The summed E-state index contributed by atoms with van der Waals surface area (Å²) in [4.78, 5) is 12.2. The number of nitrogens with zero attached hydrogens (tertiary/aromatic N) is 1. The Morgan fingerprint density at radius 3 is 2.89 bits per heavy atom. The van der Waals surface area contributed by atoms with Crippen LogP contribution in [0.15, 0.2) is 35.4 Å². The lowest BCUT2D eigenvalue weighted by atomic mass is 10.2. The number of carbonyl (C=O) groups excluding carboxylic acids is 1. The van der Waals surface area contributed by atoms with Crippen LogP contribution in [-0.2, 0) is 0 Å². The average molecular weight is 391 g/mol. The van der Waals surface area contributed by atoms with Crippen LogP contribution < -0.4 is 24.4 Å². The molecule has 7 nitrogen and oxygen atoms in total. The van der Waals surface area contributed by atoms with Crippen LogP contribution in [0.25, 0.3) is 0 Å². The second kappa shape index (κ2) is 8.64. The third-order valence-electron chi connectivity index (χ3n) is 3.72. The van der Waals surface area contributed by atoms with Gasteiger partial charge in [-0.05, 0) is 42.3 Å². The molecule has 0 fully saturated rings. The second-order valence-corrected chi connectivity index (χ2v) is 6.06. The van der Waals surface area contributed by atoms with Gasteiger partial charge in [-0.25, -0.2) is 5.43 Å². The minimum atomic E-state index is -0.370. The molecule has 1 N–H and O–H groups in total. The smallest absolute Gasteiger partial charge is 0.271 e. The minimum Gasteiger partial charge on any atom is -0.493 e. The number of benzene rings is 2. The number of halogens is 1. The number of ether oxygens (including phenoxy) is 4. The number of nitrogens with one attached hydrogen (secondary N) is 1. The van der Waals surface area contributed by atoms with Crippen molar-refractivity contribution in [2.45, 2.75) is 13.3 Å². The van der Waals surface area contributed by atoms with Gasteiger partial charge in [0.1, 0.15) is 0 Å². The molecule has 0 aliphatic carbocycles. The summed E-state index contributed by atoms with van der Waals surface area (Å²) in [6, 6.07) is 8.34. The van der Waals surface area contributed by atoms with Crippen LogP contribution in [0, 0.1) is 0 Å². The molecule has 142 valence electrons. The van der Waals surface area contributed by atoms with Crippen LogP contribution in [0.3, 0.4) is 0 Å². The predicted molar refractivity (Wildman–Crippen MR) is 101 cm³/mol. The van der Waals surface area contributed by atoms with Gasteiger partial charge in [0.05, 0.1) is 25.0 Å². The maximum atomic E-state index is 12.2. The number of hydrogen-bond donors (Lipinski definition) is 1. The summed E-state index contributed by atoms with van der Waals surface area (Å²) in [5.41, 5.74) is 3.53. The number of rotatable bonds is 7. The van der Waals surface area contributed by atoms with Crippen molar-refractivity contribution in [3.8, 4) is 23.0 Å². The molecule has 0 bridgehead atoms. The minimum absolute atomic E-state index is 0.152. The first kappa shape index (κ1) is 18.8. The fourth-order valence-corrected chi connectivity index (χ4v) is 2.70. The molecular formula is C19H19ClN2O5. The van der Waals surface area contributed by atoms with Gasteiger partial charge < -0.3 is 18.9 Å². The zero-order chi connectivity index (χ0) is 19.2. The molecule has 1 aliphatic rings. The fraction of sp³-hybridized carbons (Fsp3) is 0.263. The molecular weight excluding hydrogens is 372 g/mol. The highest BCUT2D eigenvalue weighted by atomic mass is 35.5. The molecule has 0 aromatic heterocycles. The third-order valence-corrected chi connectivity index (χ3v) is 4.00. The molecule has 0 atom stereocenters. The van der Waals surface area contributed by atoms with E-state index in [1.54, 1.807) is 30.3 Å². The Kier molecular flexibility index (Phi) is 6.03. The van der Waals surface area contributed by atoms with E-state index in [-0.39, 0.29) is 12.7 Å². The van der Waals surface area contributed by atoms with E-state index in [1.165, 1.54) is 13.3 Å². The molecule has 0 radical (unpaired) electrons. The summed E-state index contributed by atoms with van der Waals surface area (Å²) in [5.74, 6) is 1.76. The van der Waals surface area contributed by atoms with Crippen molar-refractivity contribution in [3.05, 3.63) is 46.5 Å². The Labute approximate surface area is 161 Å². The lowest BCUT2D eigenvalue weighted by Crippen LogP contribution is -2.17. The van der Waals surface area contributed by atoms with Crippen molar-refractivity contribution in [3.63, 3.8) is 0 Å². The summed E-state index contributed by atoms with van der Waals surface area (Å²) in [7, 11) is 1.53. The SMILES string of the molecule is CCCOc1c(Cl)cc(/C=N\NC(=O)c2ccc3c(c2)OCO3)cc1OC. The summed E-state index contributed by atoms with van der Waals surface area (Å²) in [6.45, 7) is 2.69. The molecule has 0 saturated heterocycles. The van der Waals surface area contributed by atoms with Gasteiger partial charge in [-0.3, -0.25) is 4.79 Å². The van der Waals surface area contributed by atoms with Crippen molar-refractivity contribution in [2.24, 2.45) is 5.10 Å². The molecule has 27 heavy (non-hydrogen) atoms. The maximum absolute atomic E-state index is 12.2. The first-order chi connectivity index (χ1) is 13.1. The van der Waals surface area contributed by atoms with Crippen molar-refractivity contribution < 1.29 is 23.7 Å². The highest BCUT2D eigenvalue weighted by molar-refractivity contribution is 6.32. The number of amides is 1. The van der Waals surface area contributed by atoms with Crippen molar-refractivity contribution in [1.82, 2.24) is 5.43 Å². The Bertz CT molecular complexity index is 869. The average Bonchev–Trinajstić information content (AvgIpc) is 3.14. The summed E-state index contributed by atoms with van der Waals surface area (Å²) in [6.07, 6.45) is 2.33. The molecule has 2 aromatic carbocycles. The molecule has 1 heterocycles. The van der Waals surface area contributed by atoms with Gasteiger partial charge in [0.25, 0.3) is 5.91 Å². The molecule has 0 spiro atoms. The van der Waals surface area contributed by atoms with E-state index in [9.17, 15) is 4.79 Å². The molecule has 0 unspecified atom stereocenters. The van der Waals surface area contributed by atoms with Crippen LogP contribution in [0.4, 0.5) is 0 Å². The standard InChI is InChI=1S/C19H19ClN2O5/c1-3-6-25-18-14(20)7-12(8-17(18)24-2)10-21-22-19(23)13-4-5-15-16(9-13)27-11-26-15/h4-5,7-10H,3,6,11H2,1-2H3,(H,22,23)/b21-10-. The van der Waals surface area contributed by atoms with E-state index in [4.69, 9.17) is 30.5 Å². The van der Waals surface area contributed by atoms with Gasteiger partial charge in [0.15, 0.2) is 23.0 Å². The molecule has 2 aromatic rings. The zero-order valence-corrected chi connectivity index (χ0v) is 15.7. The fourth-order valence-electron chi connectivity index (χ4n) is 2.43. The van der Waals surface area contributed by atoms with Gasteiger partial charge in [-0.2, -0.15) is 5.10 Å². The van der Waals surface area contributed by atoms with E-state index in [2.05, 4.69) is 10.5 Å². The Morgan fingerprint density at radius 2 is 2.11 bits per heavy atom. The van der Waals surface area contributed by atoms with E-state index in [0.29, 0.717) is 45.8 Å². The quantitative estimate of drug-likeness (QED) is 0.577. The lowest BCUT2D eigenvalue weighted by Gasteiger charge is -2.12. The largest absolute Gasteiger partial charge is 0.493 e. The predicted octanol–water partition coefficient (Wildman–Crippen LogP) is 3.63. The molecule has 1 amide bonds. The number of hydrogen-bond acceptors (Lipinski definition) is 6. The first-order valence-electron chi connectivity index (χ1n) is 8.35. The number of hydrazone groups is 1. The van der Waals surface area contributed by atoms with E-state index < -0.39 is 0 Å². The topological polar surface area (TPSA) is 78.4 Å². The van der Waals surface area contributed by atoms with Gasteiger partial charge in [0, 0.05) is 5.56 Å². The summed E-state index contributed by atoms with van der Waals surface area (Å²) < 4.78 is 21.4. The summed E-state index contributed by atoms with van der Waals surface area (Å²) in [5, 5.41) is 4.38. The van der Waals surface area contributed by atoms with Crippen LogP contribution in [0.1, 0.15) is 29.3 Å². The number of methoxy groups -OCH3 is 1. The number of fused-ring (bicyclic) bond motifs is 1. The highest BCUT2D eigenvalue weighted by Gasteiger charge is 2.16. The number of carbonyl (C=O) groups is 1. The Balaban J connectivity index is 1.68. The van der Waals surface area contributed by atoms with E-state index in [0.717, 1.165) is 6.42 Å². The van der Waals surface area contributed by atoms with Crippen molar-refractivity contribution in [2.75, 3.05) is 20.5 Å². The lowest BCUT2D eigenvalue weighted by molar-refractivity contribution is 0.0954. The monoisotopic (exact) mass is 390 g/mol. The van der Waals surface area contributed by atoms with Crippen LogP contribution in [0.5, 0.6) is 23.0 Å². The Morgan fingerprint density at radius 1 is 1.30 bits per heavy atom. The summed E-state index contributed by atoms with van der Waals surface area (Å²) >= 11 is 6.26. The molecule has 0 saturated carbocycles. The van der Waals surface area contributed by atoms with Crippen molar-refractivity contribution >= 4 is 23.7 Å².